The highest BCUT2D eigenvalue weighted by Gasteiger charge is 2.19. The molecular formula is C30H42N8O4S. The molecule has 3 aromatic heterocycles. The van der Waals surface area contributed by atoms with Crippen molar-refractivity contribution in [1.82, 2.24) is 30.2 Å². The van der Waals surface area contributed by atoms with Gasteiger partial charge in [-0.1, -0.05) is 0 Å². The molecule has 0 saturated heterocycles. The molecule has 3 N–H and O–H groups in total. The van der Waals surface area contributed by atoms with Gasteiger partial charge in [0.15, 0.2) is 23.2 Å². The molecule has 4 aromatic rings. The summed E-state index contributed by atoms with van der Waals surface area (Å²) in [5.74, 6) is 1.13. The summed E-state index contributed by atoms with van der Waals surface area (Å²) >= 11 is 1.57. The normalized spacial score (nSPS) is 11.6. The van der Waals surface area contributed by atoms with E-state index in [2.05, 4.69) is 42.5 Å². The molecule has 0 atom stereocenters. The molecule has 12 nitrogen and oxygen atoms in total. The predicted octanol–water partition coefficient (Wildman–Crippen LogP) is 4.44. The number of fused-ring (bicyclic) bond motifs is 1. The molecule has 0 aliphatic heterocycles. The van der Waals surface area contributed by atoms with Gasteiger partial charge in [0.1, 0.15) is 30.0 Å². The number of ether oxygens (including phenoxy) is 3. The number of likely N-dealkylation sites (N-methyl/N-ethyl adjacent to an activating group) is 1. The number of H-pyrrole nitrogens is 1. The van der Waals surface area contributed by atoms with E-state index in [1.165, 1.54) is 6.33 Å². The summed E-state index contributed by atoms with van der Waals surface area (Å²) in [4.78, 5) is 33.3. The van der Waals surface area contributed by atoms with Gasteiger partial charge in [-0.3, -0.25) is 0 Å². The average Bonchev–Trinajstić information content (AvgIpc) is 3.63. The second-order valence-corrected chi connectivity index (χ2v) is 12.1. The molecule has 0 fully saturated rings. The fraction of sp³-hybridized carbons (Fsp3) is 0.467. The lowest BCUT2D eigenvalue weighted by Gasteiger charge is -2.21. The SMILES string of the molecule is CNCCCN(C)Cc1c[nH]c2ncnc(Nc3ccc(OCCN(C)c4nccs4)c(OCC(=O)OC(C)(C)C)c3)c12. The Labute approximate surface area is 256 Å². The van der Waals surface area contributed by atoms with Gasteiger partial charge in [0.25, 0.3) is 0 Å². The molecule has 0 bridgehead atoms. The zero-order valence-electron chi connectivity index (χ0n) is 25.8. The summed E-state index contributed by atoms with van der Waals surface area (Å²) in [7, 11) is 6.03. The molecule has 0 aliphatic rings. The zero-order valence-corrected chi connectivity index (χ0v) is 26.6. The minimum Gasteiger partial charge on any atom is -0.488 e. The number of carbonyl (C=O) groups excluding carboxylic acids is 1. The first-order valence-electron chi connectivity index (χ1n) is 14.3. The van der Waals surface area contributed by atoms with E-state index in [9.17, 15) is 4.79 Å². The molecular weight excluding hydrogens is 568 g/mol. The Balaban J connectivity index is 1.52. The Bertz CT molecular complexity index is 1450. The van der Waals surface area contributed by atoms with Gasteiger partial charge in [-0.25, -0.2) is 19.7 Å². The van der Waals surface area contributed by atoms with Crippen molar-refractivity contribution < 1.29 is 19.0 Å². The molecule has 0 amide bonds. The Morgan fingerprint density at radius 2 is 1.93 bits per heavy atom. The summed E-state index contributed by atoms with van der Waals surface area (Å²) in [6, 6.07) is 5.51. The number of hydrogen-bond donors (Lipinski definition) is 3. The Hall–Kier alpha value is -3.94. The van der Waals surface area contributed by atoms with E-state index in [-0.39, 0.29) is 6.61 Å². The minimum absolute atomic E-state index is 0.254. The van der Waals surface area contributed by atoms with Crippen molar-refractivity contribution in [3.05, 3.63) is 47.9 Å². The van der Waals surface area contributed by atoms with Crippen molar-refractivity contribution in [3.63, 3.8) is 0 Å². The number of nitrogens with one attached hydrogen (secondary N) is 3. The Kier molecular flexibility index (Phi) is 11.1. The van der Waals surface area contributed by atoms with Crippen LogP contribution in [0.15, 0.2) is 42.3 Å². The largest absolute Gasteiger partial charge is 0.488 e. The first-order valence-corrected chi connectivity index (χ1v) is 15.1. The van der Waals surface area contributed by atoms with Crippen molar-refractivity contribution >= 4 is 45.0 Å². The van der Waals surface area contributed by atoms with E-state index in [0.29, 0.717) is 30.5 Å². The van der Waals surface area contributed by atoms with Crippen molar-refractivity contribution in [1.29, 1.82) is 0 Å². The third-order valence-electron chi connectivity index (χ3n) is 6.36. The quantitative estimate of drug-likeness (QED) is 0.123. The predicted molar refractivity (Wildman–Crippen MR) is 171 cm³/mol. The number of benzene rings is 1. The van der Waals surface area contributed by atoms with Crippen molar-refractivity contribution in [2.45, 2.75) is 39.3 Å². The van der Waals surface area contributed by atoms with Crippen LogP contribution in [-0.4, -0.2) is 90.4 Å². The van der Waals surface area contributed by atoms with E-state index in [1.807, 2.05) is 63.5 Å². The number of nitrogens with zero attached hydrogens (tertiary/aromatic N) is 5. The van der Waals surface area contributed by atoms with Crippen LogP contribution in [0.4, 0.5) is 16.6 Å². The third-order valence-corrected chi connectivity index (χ3v) is 7.25. The molecule has 232 valence electrons. The molecule has 0 spiro atoms. The maximum atomic E-state index is 12.4. The van der Waals surface area contributed by atoms with Crippen molar-refractivity contribution in [2.75, 3.05) is 64.2 Å². The van der Waals surface area contributed by atoms with Crippen LogP contribution in [0.2, 0.25) is 0 Å². The standard InChI is InChI=1S/C30H42N8O4S/c1-30(2,3)42-25(39)19-41-24-16-22(8-9-23(24)40-14-13-38(6)29-32-11-15-43-29)36-28-26-21(17-33-27(26)34-20-35-28)18-37(5)12-7-10-31-4/h8-9,11,15-17,20,31H,7,10,12-14,18-19H2,1-6H3,(H2,33,34,35,36). The van der Waals surface area contributed by atoms with Crippen LogP contribution < -0.4 is 25.0 Å². The number of esters is 1. The first-order chi connectivity index (χ1) is 20.6. The Morgan fingerprint density at radius 1 is 1.09 bits per heavy atom. The van der Waals surface area contributed by atoms with Crippen LogP contribution in [0.25, 0.3) is 11.0 Å². The van der Waals surface area contributed by atoms with E-state index in [0.717, 1.165) is 53.5 Å². The van der Waals surface area contributed by atoms with Crippen LogP contribution in [0, 0.1) is 0 Å². The topological polar surface area (TPSA) is 130 Å². The van der Waals surface area contributed by atoms with E-state index >= 15 is 0 Å². The fourth-order valence-electron chi connectivity index (χ4n) is 4.40. The van der Waals surface area contributed by atoms with Gasteiger partial charge in [-0.2, -0.15) is 0 Å². The first kappa shape index (κ1) is 32.0. The van der Waals surface area contributed by atoms with E-state index in [4.69, 9.17) is 14.2 Å². The number of hydrogen-bond acceptors (Lipinski definition) is 12. The summed E-state index contributed by atoms with van der Waals surface area (Å²) < 4.78 is 17.5. The monoisotopic (exact) mass is 610 g/mol. The number of aromatic nitrogens is 4. The molecule has 0 radical (unpaired) electrons. The summed E-state index contributed by atoms with van der Waals surface area (Å²) in [5.41, 5.74) is 1.95. The second-order valence-electron chi connectivity index (χ2n) is 11.2. The number of anilines is 3. The van der Waals surface area contributed by atoms with Gasteiger partial charge in [0, 0.05) is 43.1 Å². The summed E-state index contributed by atoms with van der Waals surface area (Å²) in [6.45, 7) is 8.90. The lowest BCUT2D eigenvalue weighted by molar-refractivity contribution is -0.157. The maximum absolute atomic E-state index is 12.4. The Morgan fingerprint density at radius 3 is 2.67 bits per heavy atom. The zero-order chi connectivity index (χ0) is 30.8. The number of rotatable bonds is 16. The number of carbonyl (C=O) groups is 1. The van der Waals surface area contributed by atoms with Gasteiger partial charge in [0.05, 0.1) is 11.9 Å². The van der Waals surface area contributed by atoms with Gasteiger partial charge in [0.2, 0.25) is 0 Å². The van der Waals surface area contributed by atoms with Gasteiger partial charge >= 0.3 is 5.97 Å². The van der Waals surface area contributed by atoms with Crippen LogP contribution >= 0.6 is 11.3 Å². The number of thiazole rings is 1. The van der Waals surface area contributed by atoms with Crippen LogP contribution in [0.5, 0.6) is 11.5 Å². The fourth-order valence-corrected chi connectivity index (χ4v) is 5.03. The maximum Gasteiger partial charge on any atom is 0.344 e. The number of aromatic amines is 1. The van der Waals surface area contributed by atoms with Gasteiger partial charge < -0.3 is 39.6 Å². The lowest BCUT2D eigenvalue weighted by atomic mass is 10.2. The van der Waals surface area contributed by atoms with Crippen molar-refractivity contribution in [3.8, 4) is 11.5 Å². The minimum atomic E-state index is -0.614. The highest BCUT2D eigenvalue weighted by atomic mass is 32.1. The third kappa shape index (κ3) is 9.53. The van der Waals surface area contributed by atoms with Crippen LogP contribution in [0.1, 0.15) is 32.8 Å². The smallest absolute Gasteiger partial charge is 0.344 e. The molecule has 0 saturated carbocycles. The average molecular weight is 611 g/mol. The van der Waals surface area contributed by atoms with Crippen molar-refractivity contribution in [2.24, 2.45) is 0 Å². The van der Waals surface area contributed by atoms with Gasteiger partial charge in [-0.15, -0.1) is 11.3 Å². The molecule has 1 aromatic carbocycles. The van der Waals surface area contributed by atoms with Crippen LogP contribution in [0.3, 0.4) is 0 Å². The highest BCUT2D eigenvalue weighted by Crippen LogP contribution is 2.34. The second kappa shape index (κ2) is 15.0. The molecule has 4 rings (SSSR count). The van der Waals surface area contributed by atoms with Gasteiger partial charge in [-0.05, 0) is 72.1 Å². The molecule has 13 heteroatoms. The van der Waals surface area contributed by atoms with E-state index < -0.39 is 11.6 Å². The molecule has 0 aliphatic carbocycles. The molecule has 0 unspecified atom stereocenters. The lowest BCUT2D eigenvalue weighted by Crippen LogP contribution is -2.27. The highest BCUT2D eigenvalue weighted by molar-refractivity contribution is 7.13. The summed E-state index contributed by atoms with van der Waals surface area (Å²) in [6.07, 6.45) is 6.34. The van der Waals surface area contributed by atoms with E-state index in [1.54, 1.807) is 23.6 Å². The molecule has 3 heterocycles. The molecule has 43 heavy (non-hydrogen) atoms. The summed E-state index contributed by atoms with van der Waals surface area (Å²) in [5, 5.41) is 10.4. The van der Waals surface area contributed by atoms with Crippen LogP contribution in [-0.2, 0) is 16.1 Å².